The third kappa shape index (κ3) is 4.38. The summed E-state index contributed by atoms with van der Waals surface area (Å²) in [7, 11) is 0. The van der Waals surface area contributed by atoms with Gasteiger partial charge in [-0.2, -0.15) is 10.5 Å². The van der Waals surface area contributed by atoms with Crippen molar-refractivity contribution < 1.29 is 0 Å². The van der Waals surface area contributed by atoms with Crippen molar-refractivity contribution in [3.05, 3.63) is 161 Å². The summed E-state index contributed by atoms with van der Waals surface area (Å²) in [6, 6.07) is 45.3. The lowest BCUT2D eigenvalue weighted by Gasteiger charge is -2.16. The van der Waals surface area contributed by atoms with Crippen LogP contribution < -0.4 is 0 Å². The van der Waals surface area contributed by atoms with Crippen molar-refractivity contribution in [2.45, 2.75) is 0 Å². The van der Waals surface area contributed by atoms with Gasteiger partial charge in [0.05, 0.1) is 47.4 Å². The Hall–Kier alpha value is -6.92. The summed E-state index contributed by atoms with van der Waals surface area (Å²) in [4.78, 5) is 7.64. The van der Waals surface area contributed by atoms with Crippen LogP contribution in [0, 0.1) is 35.8 Å². The van der Waals surface area contributed by atoms with Gasteiger partial charge in [0.25, 0.3) is 0 Å². The van der Waals surface area contributed by atoms with Crippen LogP contribution in [0.3, 0.4) is 0 Å². The van der Waals surface area contributed by atoms with Crippen molar-refractivity contribution in [2.75, 3.05) is 0 Å². The summed E-state index contributed by atoms with van der Waals surface area (Å²) in [5.41, 5.74) is 9.14. The molecule has 7 rings (SSSR count). The van der Waals surface area contributed by atoms with Gasteiger partial charge in [-0.1, -0.05) is 84.9 Å². The highest BCUT2D eigenvalue weighted by Crippen LogP contribution is 2.47. The number of nitrogens with zero attached hydrogens (tertiary/aromatic N) is 5. The second-order valence-corrected chi connectivity index (χ2v) is 10.5. The van der Waals surface area contributed by atoms with Gasteiger partial charge in [0.2, 0.25) is 0 Å². The molecule has 7 aromatic rings. The third-order valence-corrected chi connectivity index (χ3v) is 8.13. The maximum absolute atomic E-state index is 9.92. The minimum absolute atomic E-state index is 0.418. The average Bonchev–Trinajstić information content (AvgIpc) is 3.43. The van der Waals surface area contributed by atoms with E-state index in [1.807, 2.05) is 78.9 Å². The summed E-state index contributed by atoms with van der Waals surface area (Å²) < 4.78 is 2.17. The van der Waals surface area contributed by atoms with Gasteiger partial charge < -0.3 is 4.57 Å². The highest BCUT2D eigenvalue weighted by Gasteiger charge is 2.21. The number of para-hydroxylation sites is 1. The molecule has 6 aromatic carbocycles. The Kier molecular flexibility index (Phi) is 6.62. The van der Waals surface area contributed by atoms with Gasteiger partial charge in [0, 0.05) is 22.0 Å². The standard InChI is InChI=1S/C40H21N5/c1-43-35-17-10-18-36(44-2)40(35)34-23-38-33(22-32(34)26-11-5-3-6-12-26)31-20-19-27(39-28(24-41)13-9-14-29(39)25-42)21-37(31)45(38)30-15-7-4-8-16-30/h3-23H. The molecule has 0 aliphatic carbocycles. The molecule has 0 radical (unpaired) electrons. The second-order valence-electron chi connectivity index (χ2n) is 10.5. The van der Waals surface area contributed by atoms with Crippen LogP contribution in [0.5, 0.6) is 0 Å². The van der Waals surface area contributed by atoms with Gasteiger partial charge in [0.1, 0.15) is 0 Å². The van der Waals surface area contributed by atoms with Crippen molar-refractivity contribution in [1.29, 1.82) is 10.5 Å². The fraction of sp³-hybridized carbons (Fsp3) is 0. The van der Waals surface area contributed by atoms with E-state index in [0.29, 0.717) is 33.6 Å². The number of nitriles is 2. The van der Waals surface area contributed by atoms with Crippen LogP contribution in [0.4, 0.5) is 11.4 Å². The lowest BCUT2D eigenvalue weighted by atomic mass is 9.90. The molecule has 1 aromatic heterocycles. The van der Waals surface area contributed by atoms with E-state index in [1.165, 1.54) is 0 Å². The molecule has 206 valence electrons. The molecule has 0 fully saturated rings. The maximum atomic E-state index is 9.92. The zero-order chi connectivity index (χ0) is 30.9. The third-order valence-electron chi connectivity index (χ3n) is 8.13. The van der Waals surface area contributed by atoms with Crippen LogP contribution in [-0.2, 0) is 0 Å². The minimum Gasteiger partial charge on any atom is -0.309 e. The second kappa shape index (κ2) is 11.1. The molecule has 5 nitrogen and oxygen atoms in total. The molecule has 0 unspecified atom stereocenters. The Morgan fingerprint density at radius 1 is 0.511 bits per heavy atom. The molecule has 1 heterocycles. The van der Waals surface area contributed by atoms with Gasteiger partial charge >= 0.3 is 0 Å². The maximum Gasteiger partial charge on any atom is 0.184 e. The average molecular weight is 572 g/mol. The first-order valence-electron chi connectivity index (χ1n) is 14.2. The first-order valence-corrected chi connectivity index (χ1v) is 14.2. The van der Waals surface area contributed by atoms with E-state index in [9.17, 15) is 10.5 Å². The first-order chi connectivity index (χ1) is 22.2. The largest absolute Gasteiger partial charge is 0.309 e. The summed E-state index contributed by atoms with van der Waals surface area (Å²) in [5.74, 6) is 0. The monoisotopic (exact) mass is 571 g/mol. The molecule has 0 aliphatic rings. The van der Waals surface area contributed by atoms with Gasteiger partial charge in [0.15, 0.2) is 11.4 Å². The zero-order valence-corrected chi connectivity index (χ0v) is 23.9. The molecule has 0 spiro atoms. The lowest BCUT2D eigenvalue weighted by Crippen LogP contribution is -1.95. The Bertz CT molecular complexity index is 2400. The number of aromatic nitrogens is 1. The van der Waals surface area contributed by atoms with E-state index >= 15 is 0 Å². The zero-order valence-electron chi connectivity index (χ0n) is 23.9. The SMILES string of the molecule is [C-]#[N+]c1cccc([N+]#[C-])c1-c1cc2c(cc1-c1ccccc1)c1ccc(-c3c(C#N)cccc3C#N)cc1n2-c1ccccc1. The highest BCUT2D eigenvalue weighted by molar-refractivity contribution is 6.14. The number of fused-ring (bicyclic) bond motifs is 3. The van der Waals surface area contributed by atoms with E-state index < -0.39 is 0 Å². The molecule has 0 bridgehead atoms. The Labute approximate surface area is 260 Å². The topological polar surface area (TPSA) is 61.2 Å². The molecular formula is C40H21N5. The van der Waals surface area contributed by atoms with Crippen molar-refractivity contribution >= 4 is 33.2 Å². The highest BCUT2D eigenvalue weighted by atomic mass is 15.0. The van der Waals surface area contributed by atoms with Crippen LogP contribution >= 0.6 is 0 Å². The molecule has 0 saturated heterocycles. The smallest absolute Gasteiger partial charge is 0.184 e. The van der Waals surface area contributed by atoms with E-state index in [2.05, 4.69) is 38.5 Å². The summed E-state index contributed by atoms with van der Waals surface area (Å²) in [6.07, 6.45) is 0. The van der Waals surface area contributed by atoms with Crippen LogP contribution in [0.1, 0.15) is 11.1 Å². The number of rotatable bonds is 4. The van der Waals surface area contributed by atoms with E-state index in [-0.39, 0.29) is 0 Å². The van der Waals surface area contributed by atoms with Crippen LogP contribution in [0.15, 0.2) is 127 Å². The lowest BCUT2D eigenvalue weighted by molar-refractivity contribution is 1.18. The molecule has 5 heteroatoms. The van der Waals surface area contributed by atoms with Crippen molar-refractivity contribution in [2.24, 2.45) is 0 Å². The normalized spacial score (nSPS) is 10.6. The molecule has 0 atom stereocenters. The van der Waals surface area contributed by atoms with Crippen LogP contribution in [0.25, 0.3) is 70.6 Å². The fourth-order valence-corrected chi connectivity index (χ4v) is 6.18. The number of hydrogen-bond donors (Lipinski definition) is 0. The van der Waals surface area contributed by atoms with Crippen LogP contribution in [-0.4, -0.2) is 4.57 Å². The van der Waals surface area contributed by atoms with Crippen molar-refractivity contribution in [3.8, 4) is 51.2 Å². The van der Waals surface area contributed by atoms with Crippen molar-refractivity contribution in [3.63, 3.8) is 0 Å². The summed E-state index contributed by atoms with van der Waals surface area (Å²) >= 11 is 0. The number of benzene rings is 6. The van der Waals surface area contributed by atoms with E-state index in [0.717, 1.165) is 49.7 Å². The first kappa shape index (κ1) is 26.9. The van der Waals surface area contributed by atoms with Crippen molar-refractivity contribution in [1.82, 2.24) is 4.57 Å². The number of hydrogen-bond acceptors (Lipinski definition) is 2. The van der Waals surface area contributed by atoms with E-state index in [4.69, 9.17) is 13.1 Å². The summed E-state index contributed by atoms with van der Waals surface area (Å²) in [6.45, 7) is 15.9. The van der Waals surface area contributed by atoms with Crippen LogP contribution in [0.2, 0.25) is 0 Å². The molecule has 0 aliphatic heterocycles. The van der Waals surface area contributed by atoms with Gasteiger partial charge in [-0.25, -0.2) is 9.69 Å². The van der Waals surface area contributed by atoms with Gasteiger partial charge in [-0.3, -0.25) is 0 Å². The Morgan fingerprint density at radius 2 is 1.11 bits per heavy atom. The quantitative estimate of drug-likeness (QED) is 0.197. The fourth-order valence-electron chi connectivity index (χ4n) is 6.18. The molecule has 45 heavy (non-hydrogen) atoms. The molecular weight excluding hydrogens is 550 g/mol. The van der Waals surface area contributed by atoms with Gasteiger partial charge in [-0.05, 0) is 70.3 Å². The predicted molar refractivity (Wildman–Crippen MR) is 179 cm³/mol. The Morgan fingerprint density at radius 3 is 1.73 bits per heavy atom. The minimum atomic E-state index is 0.418. The summed E-state index contributed by atoms with van der Waals surface area (Å²) in [5, 5.41) is 21.8. The predicted octanol–water partition coefficient (Wildman–Crippen LogP) is 10.6. The van der Waals surface area contributed by atoms with Gasteiger partial charge in [-0.15, -0.1) is 0 Å². The molecule has 0 amide bonds. The molecule has 0 N–H and O–H groups in total. The molecule has 0 saturated carbocycles. The van der Waals surface area contributed by atoms with E-state index in [1.54, 1.807) is 36.4 Å². The Balaban J connectivity index is 1.65.